The van der Waals surface area contributed by atoms with Crippen molar-refractivity contribution >= 4 is 29.1 Å². The molecule has 6 nitrogen and oxygen atoms in total. The van der Waals surface area contributed by atoms with Crippen LogP contribution in [0.1, 0.15) is 22.7 Å². The van der Waals surface area contributed by atoms with Crippen LogP contribution in [0, 0.1) is 0 Å². The average molecular weight is 435 g/mol. The third-order valence-corrected chi connectivity index (χ3v) is 5.49. The molecule has 2 N–H and O–H groups in total. The molecule has 1 unspecified atom stereocenters. The Kier molecular flexibility index (Phi) is 5.73. The number of phenolic OH excluding ortho intramolecular Hbond substituents is 1. The summed E-state index contributed by atoms with van der Waals surface area (Å²) < 4.78 is 0. The predicted octanol–water partition coefficient (Wildman–Crippen LogP) is 4.11. The van der Waals surface area contributed by atoms with Gasteiger partial charge in [-0.15, -0.1) is 0 Å². The maximum Gasteiger partial charge on any atom is 0.295 e. The van der Waals surface area contributed by atoms with Crippen LogP contribution in [-0.4, -0.2) is 38.3 Å². The Balaban J connectivity index is 1.77. The fourth-order valence-electron chi connectivity index (χ4n) is 3.72. The van der Waals surface area contributed by atoms with Crippen LogP contribution in [-0.2, 0) is 16.0 Å². The minimum atomic E-state index is -0.826. The minimum absolute atomic E-state index is 0.00435. The Labute approximate surface area is 184 Å². The lowest BCUT2D eigenvalue weighted by Gasteiger charge is -2.25. The molecule has 2 aromatic carbocycles. The summed E-state index contributed by atoms with van der Waals surface area (Å²) in [4.78, 5) is 31.2. The van der Waals surface area contributed by atoms with E-state index in [-0.39, 0.29) is 23.6 Å². The molecule has 1 aliphatic rings. The predicted molar refractivity (Wildman–Crippen MR) is 117 cm³/mol. The van der Waals surface area contributed by atoms with Gasteiger partial charge in [0.05, 0.1) is 11.6 Å². The van der Waals surface area contributed by atoms with E-state index in [0.29, 0.717) is 22.6 Å². The SMILES string of the molecule is O=C1C(=O)N(CCc2ccc(Cl)cc2)C(c2cccc(O)c2)/C1=C(/O)c1ccncc1. The van der Waals surface area contributed by atoms with Gasteiger partial charge in [0.1, 0.15) is 11.5 Å². The lowest BCUT2D eigenvalue weighted by Crippen LogP contribution is -2.31. The molecule has 1 aromatic heterocycles. The molecule has 0 bridgehead atoms. The second kappa shape index (κ2) is 8.62. The van der Waals surface area contributed by atoms with Crippen molar-refractivity contribution in [1.82, 2.24) is 9.88 Å². The molecule has 1 amide bonds. The van der Waals surface area contributed by atoms with Crippen molar-refractivity contribution in [2.75, 3.05) is 6.54 Å². The second-order valence-corrected chi connectivity index (χ2v) is 7.64. The molecular formula is C24H19ClN2O4. The quantitative estimate of drug-likeness (QED) is 0.358. The highest BCUT2D eigenvalue weighted by Gasteiger charge is 2.45. The fraction of sp³-hybridized carbons (Fsp3) is 0.125. The van der Waals surface area contributed by atoms with Gasteiger partial charge in [-0.2, -0.15) is 0 Å². The van der Waals surface area contributed by atoms with Gasteiger partial charge in [0.2, 0.25) is 0 Å². The number of aliphatic hydroxyl groups excluding tert-OH is 1. The molecular weight excluding hydrogens is 416 g/mol. The molecule has 1 aliphatic heterocycles. The Hall–Kier alpha value is -3.64. The van der Waals surface area contributed by atoms with E-state index in [1.807, 2.05) is 12.1 Å². The normalized spacial score (nSPS) is 17.8. The van der Waals surface area contributed by atoms with Crippen LogP contribution in [0.2, 0.25) is 5.02 Å². The highest BCUT2D eigenvalue weighted by Crippen LogP contribution is 2.40. The number of Topliss-reactive ketones (excluding diaryl/α,β-unsaturated/α-hetero) is 1. The number of halogens is 1. The summed E-state index contributed by atoms with van der Waals surface area (Å²) in [5, 5.41) is 21.5. The van der Waals surface area contributed by atoms with E-state index in [4.69, 9.17) is 11.6 Å². The minimum Gasteiger partial charge on any atom is -0.508 e. The number of nitrogens with zero attached hydrogens (tertiary/aromatic N) is 2. The number of pyridine rings is 1. The number of amides is 1. The van der Waals surface area contributed by atoms with Crippen LogP contribution < -0.4 is 0 Å². The van der Waals surface area contributed by atoms with Crippen LogP contribution in [0.15, 0.2) is 78.6 Å². The van der Waals surface area contributed by atoms with E-state index in [9.17, 15) is 19.8 Å². The first-order chi connectivity index (χ1) is 15.0. The molecule has 0 radical (unpaired) electrons. The van der Waals surface area contributed by atoms with Crippen LogP contribution in [0.25, 0.3) is 5.76 Å². The van der Waals surface area contributed by atoms with E-state index in [1.54, 1.807) is 36.4 Å². The first-order valence-electron chi connectivity index (χ1n) is 9.68. The molecule has 3 aromatic rings. The Morgan fingerprint density at radius 2 is 1.74 bits per heavy atom. The first-order valence-corrected chi connectivity index (χ1v) is 10.1. The van der Waals surface area contributed by atoms with Crippen molar-refractivity contribution < 1.29 is 19.8 Å². The molecule has 0 saturated carbocycles. The van der Waals surface area contributed by atoms with Crippen molar-refractivity contribution in [2.45, 2.75) is 12.5 Å². The Morgan fingerprint density at radius 3 is 2.42 bits per heavy atom. The van der Waals surface area contributed by atoms with Gasteiger partial charge in [-0.1, -0.05) is 35.9 Å². The van der Waals surface area contributed by atoms with E-state index in [1.165, 1.54) is 29.4 Å². The van der Waals surface area contributed by atoms with Gasteiger partial charge in [0, 0.05) is 29.5 Å². The highest BCUT2D eigenvalue weighted by molar-refractivity contribution is 6.46. The van der Waals surface area contributed by atoms with Crippen LogP contribution in [0.3, 0.4) is 0 Å². The van der Waals surface area contributed by atoms with Gasteiger partial charge in [-0.25, -0.2) is 0 Å². The van der Waals surface area contributed by atoms with Crippen LogP contribution >= 0.6 is 11.6 Å². The topological polar surface area (TPSA) is 90.7 Å². The molecule has 31 heavy (non-hydrogen) atoms. The van der Waals surface area contributed by atoms with E-state index < -0.39 is 17.7 Å². The monoisotopic (exact) mass is 434 g/mol. The number of likely N-dealkylation sites (tertiary alicyclic amines) is 1. The van der Waals surface area contributed by atoms with E-state index in [2.05, 4.69) is 4.98 Å². The van der Waals surface area contributed by atoms with Crippen LogP contribution in [0.4, 0.5) is 0 Å². The summed E-state index contributed by atoms with van der Waals surface area (Å²) >= 11 is 5.94. The summed E-state index contributed by atoms with van der Waals surface area (Å²) in [5.74, 6) is -1.73. The molecule has 1 saturated heterocycles. The zero-order valence-corrected chi connectivity index (χ0v) is 17.2. The lowest BCUT2D eigenvalue weighted by molar-refractivity contribution is -0.139. The third kappa shape index (κ3) is 4.15. The summed E-state index contributed by atoms with van der Waals surface area (Å²) in [5.41, 5.74) is 1.86. The molecule has 0 spiro atoms. The van der Waals surface area contributed by atoms with E-state index in [0.717, 1.165) is 5.56 Å². The Bertz CT molecular complexity index is 1160. The first kappa shape index (κ1) is 20.6. The van der Waals surface area contributed by atoms with Crippen molar-refractivity contribution in [2.24, 2.45) is 0 Å². The fourth-order valence-corrected chi connectivity index (χ4v) is 3.84. The van der Waals surface area contributed by atoms with Crippen molar-refractivity contribution in [3.05, 3.63) is 100 Å². The largest absolute Gasteiger partial charge is 0.508 e. The van der Waals surface area contributed by atoms with Gasteiger partial charge >= 0.3 is 0 Å². The Morgan fingerprint density at radius 1 is 1.03 bits per heavy atom. The summed E-state index contributed by atoms with van der Waals surface area (Å²) in [6, 6.07) is 15.9. The van der Waals surface area contributed by atoms with Gasteiger partial charge in [0.25, 0.3) is 11.7 Å². The lowest BCUT2D eigenvalue weighted by atomic mass is 9.95. The zero-order valence-electron chi connectivity index (χ0n) is 16.4. The summed E-state index contributed by atoms with van der Waals surface area (Å²) in [6.45, 7) is 0.250. The third-order valence-electron chi connectivity index (χ3n) is 5.23. The van der Waals surface area contributed by atoms with Gasteiger partial charge < -0.3 is 15.1 Å². The molecule has 4 rings (SSSR count). The second-order valence-electron chi connectivity index (χ2n) is 7.20. The molecule has 156 valence electrons. The van der Waals surface area contributed by atoms with Crippen molar-refractivity contribution in [3.8, 4) is 5.75 Å². The molecule has 7 heteroatoms. The number of aliphatic hydroxyl groups is 1. The number of aromatic nitrogens is 1. The number of aromatic hydroxyl groups is 1. The van der Waals surface area contributed by atoms with Gasteiger partial charge in [-0.3, -0.25) is 14.6 Å². The molecule has 0 aliphatic carbocycles. The molecule has 1 fully saturated rings. The van der Waals surface area contributed by atoms with E-state index >= 15 is 0 Å². The number of benzene rings is 2. The molecule has 1 atom stereocenters. The number of hydrogen-bond acceptors (Lipinski definition) is 5. The average Bonchev–Trinajstić information content (AvgIpc) is 3.03. The van der Waals surface area contributed by atoms with Crippen LogP contribution in [0.5, 0.6) is 5.75 Å². The molecule has 2 heterocycles. The summed E-state index contributed by atoms with van der Waals surface area (Å²) in [6.07, 6.45) is 3.48. The number of phenols is 1. The number of rotatable bonds is 5. The van der Waals surface area contributed by atoms with Crippen molar-refractivity contribution in [1.29, 1.82) is 0 Å². The maximum absolute atomic E-state index is 13.0. The smallest absolute Gasteiger partial charge is 0.295 e. The number of carbonyl (C=O) groups excluding carboxylic acids is 2. The number of ketones is 1. The maximum atomic E-state index is 13.0. The van der Waals surface area contributed by atoms with Crippen molar-refractivity contribution in [3.63, 3.8) is 0 Å². The standard InChI is InChI=1S/C24H19ClN2O4/c25-18-6-4-15(5-7-18)10-13-27-21(17-2-1-3-19(28)14-17)20(23(30)24(27)31)22(29)16-8-11-26-12-9-16/h1-9,11-12,14,21,28-29H,10,13H2/b22-20-. The zero-order chi connectivity index (χ0) is 22.0. The number of hydrogen-bond donors (Lipinski definition) is 2. The summed E-state index contributed by atoms with van der Waals surface area (Å²) in [7, 11) is 0. The van der Waals surface area contributed by atoms with Gasteiger partial charge in [-0.05, 0) is 53.9 Å². The van der Waals surface area contributed by atoms with Gasteiger partial charge in [0.15, 0.2) is 0 Å². The number of carbonyl (C=O) groups is 2. The highest BCUT2D eigenvalue weighted by atomic mass is 35.5.